The first-order chi connectivity index (χ1) is 13.0. The number of ether oxygens (including phenoxy) is 2. The van der Waals surface area contributed by atoms with Gasteiger partial charge in [-0.15, -0.1) is 0 Å². The van der Waals surface area contributed by atoms with Crippen molar-refractivity contribution < 1.29 is 18.7 Å². The van der Waals surface area contributed by atoms with Crippen molar-refractivity contribution in [2.45, 2.75) is 31.2 Å². The van der Waals surface area contributed by atoms with E-state index < -0.39 is 23.8 Å². The summed E-state index contributed by atoms with van der Waals surface area (Å²) in [5.41, 5.74) is 5.77. The van der Waals surface area contributed by atoms with E-state index in [1.54, 1.807) is 36.4 Å². The number of fused-ring (bicyclic) bond motifs is 1. The summed E-state index contributed by atoms with van der Waals surface area (Å²) >= 11 is 0. The molecule has 0 unspecified atom stereocenters. The molecule has 1 aromatic carbocycles. The van der Waals surface area contributed by atoms with Gasteiger partial charge in [-0.1, -0.05) is 18.2 Å². The van der Waals surface area contributed by atoms with Gasteiger partial charge >= 0.3 is 5.97 Å². The second-order valence-electron chi connectivity index (χ2n) is 6.79. The fraction of sp³-hybridized carbons (Fsp3) is 0.316. The minimum atomic E-state index is -1.64. The van der Waals surface area contributed by atoms with E-state index in [0.29, 0.717) is 22.6 Å². The molecule has 27 heavy (non-hydrogen) atoms. The zero-order valence-corrected chi connectivity index (χ0v) is 14.7. The molecule has 3 atom stereocenters. The predicted octanol–water partition coefficient (Wildman–Crippen LogP) is 2.73. The summed E-state index contributed by atoms with van der Waals surface area (Å²) in [6, 6.07) is 12.1. The van der Waals surface area contributed by atoms with Crippen molar-refractivity contribution in [2.24, 2.45) is 0 Å². The van der Waals surface area contributed by atoms with Gasteiger partial charge in [0.15, 0.2) is 5.82 Å². The Kier molecular flexibility index (Phi) is 4.27. The Morgan fingerprint density at radius 1 is 1.37 bits per heavy atom. The molecule has 2 N–H and O–H groups in total. The first kappa shape index (κ1) is 17.4. The molecular formula is C19H19FN4O3. The lowest BCUT2D eigenvalue weighted by Crippen LogP contribution is -2.24. The van der Waals surface area contributed by atoms with Gasteiger partial charge in [0.25, 0.3) is 0 Å². The predicted molar refractivity (Wildman–Crippen MR) is 95.9 cm³/mol. The number of nitrogens with zero attached hydrogens (tertiary/aromatic N) is 3. The van der Waals surface area contributed by atoms with Crippen molar-refractivity contribution in [2.75, 3.05) is 12.3 Å². The number of hydrogen-bond donors (Lipinski definition) is 1. The average molecular weight is 370 g/mol. The molecule has 0 amide bonds. The van der Waals surface area contributed by atoms with Gasteiger partial charge in [0.2, 0.25) is 0 Å². The number of alkyl halides is 1. The molecule has 7 nitrogen and oxygen atoms in total. The summed E-state index contributed by atoms with van der Waals surface area (Å²) in [7, 11) is 0. The summed E-state index contributed by atoms with van der Waals surface area (Å²) in [6.45, 7) is 1.45. The van der Waals surface area contributed by atoms with Crippen LogP contribution in [0.25, 0.3) is 5.52 Å². The SMILES string of the molecule is C[C@@]1(F)C[C@@H](COC(=O)c2ccccc2)O[C@H]1c1ccc2c(N)ncnn12. The highest BCUT2D eigenvalue weighted by atomic mass is 19.1. The van der Waals surface area contributed by atoms with Crippen LogP contribution in [-0.2, 0) is 9.47 Å². The second kappa shape index (κ2) is 6.62. The Morgan fingerprint density at radius 2 is 2.15 bits per heavy atom. The number of anilines is 1. The molecule has 1 saturated heterocycles. The number of hydrogen-bond acceptors (Lipinski definition) is 6. The van der Waals surface area contributed by atoms with Crippen LogP contribution in [0.4, 0.5) is 10.2 Å². The maximum absolute atomic E-state index is 15.2. The minimum Gasteiger partial charge on any atom is -0.459 e. The molecule has 0 saturated carbocycles. The molecule has 1 fully saturated rings. The number of carbonyl (C=O) groups is 1. The van der Waals surface area contributed by atoms with Gasteiger partial charge in [-0.05, 0) is 31.2 Å². The van der Waals surface area contributed by atoms with Crippen molar-refractivity contribution in [3.05, 3.63) is 60.0 Å². The molecule has 3 heterocycles. The van der Waals surface area contributed by atoms with Crippen molar-refractivity contribution >= 4 is 17.3 Å². The third-order valence-corrected chi connectivity index (χ3v) is 4.69. The van der Waals surface area contributed by atoms with Crippen molar-refractivity contribution in [3.63, 3.8) is 0 Å². The van der Waals surface area contributed by atoms with Gasteiger partial charge in [0.1, 0.15) is 30.2 Å². The zero-order valence-electron chi connectivity index (χ0n) is 14.7. The van der Waals surface area contributed by atoms with Crippen LogP contribution in [0.3, 0.4) is 0 Å². The summed E-state index contributed by atoms with van der Waals surface area (Å²) in [6.07, 6.45) is 0.0142. The highest BCUT2D eigenvalue weighted by molar-refractivity contribution is 5.89. The quantitative estimate of drug-likeness (QED) is 0.710. The Labute approximate surface area is 154 Å². The molecule has 0 bridgehead atoms. The average Bonchev–Trinajstić information content (AvgIpc) is 3.21. The maximum atomic E-state index is 15.2. The molecular weight excluding hydrogens is 351 g/mol. The highest BCUT2D eigenvalue weighted by Crippen LogP contribution is 2.44. The number of nitrogen functional groups attached to an aromatic ring is 1. The molecule has 140 valence electrons. The first-order valence-electron chi connectivity index (χ1n) is 8.60. The Hall–Kier alpha value is -3.00. The maximum Gasteiger partial charge on any atom is 0.338 e. The van der Waals surface area contributed by atoms with E-state index in [0.717, 1.165) is 0 Å². The zero-order chi connectivity index (χ0) is 19.0. The lowest BCUT2D eigenvalue weighted by atomic mass is 9.96. The third kappa shape index (κ3) is 3.23. The second-order valence-corrected chi connectivity index (χ2v) is 6.79. The summed E-state index contributed by atoms with van der Waals surface area (Å²) in [5.74, 6) is -0.153. The molecule has 1 aliphatic rings. The summed E-state index contributed by atoms with van der Waals surface area (Å²) in [5, 5.41) is 4.14. The fourth-order valence-electron chi connectivity index (χ4n) is 3.41. The van der Waals surface area contributed by atoms with Gasteiger partial charge in [0, 0.05) is 6.42 Å². The summed E-state index contributed by atoms with van der Waals surface area (Å²) < 4.78 is 27.9. The van der Waals surface area contributed by atoms with E-state index >= 15 is 4.39 Å². The van der Waals surface area contributed by atoms with Crippen LogP contribution in [0.15, 0.2) is 48.8 Å². The van der Waals surface area contributed by atoms with Crippen LogP contribution >= 0.6 is 0 Å². The van der Waals surface area contributed by atoms with Gasteiger partial charge in [0.05, 0.1) is 17.4 Å². The molecule has 2 aromatic heterocycles. The van der Waals surface area contributed by atoms with Crippen LogP contribution in [0.5, 0.6) is 0 Å². The molecule has 0 spiro atoms. The van der Waals surface area contributed by atoms with Gasteiger partial charge < -0.3 is 15.2 Å². The van der Waals surface area contributed by atoms with E-state index in [4.69, 9.17) is 15.2 Å². The van der Waals surface area contributed by atoms with Crippen molar-refractivity contribution in [1.29, 1.82) is 0 Å². The molecule has 0 aliphatic carbocycles. The van der Waals surface area contributed by atoms with Crippen LogP contribution < -0.4 is 5.73 Å². The molecule has 4 rings (SSSR count). The summed E-state index contributed by atoms with van der Waals surface area (Å²) in [4.78, 5) is 16.0. The number of halogens is 1. The van der Waals surface area contributed by atoms with Crippen molar-refractivity contribution in [3.8, 4) is 0 Å². The number of aromatic nitrogens is 3. The van der Waals surface area contributed by atoms with E-state index in [2.05, 4.69) is 10.1 Å². The number of benzene rings is 1. The van der Waals surface area contributed by atoms with E-state index in [1.807, 2.05) is 6.07 Å². The largest absolute Gasteiger partial charge is 0.459 e. The van der Waals surface area contributed by atoms with E-state index in [1.165, 1.54) is 17.8 Å². The first-order valence-corrected chi connectivity index (χ1v) is 8.60. The number of nitrogens with two attached hydrogens (primary N) is 1. The lowest BCUT2D eigenvalue weighted by Gasteiger charge is -2.20. The molecule has 0 radical (unpaired) electrons. The van der Waals surface area contributed by atoms with Gasteiger partial charge in [-0.3, -0.25) is 0 Å². The number of rotatable bonds is 4. The molecule has 3 aromatic rings. The smallest absolute Gasteiger partial charge is 0.338 e. The standard InChI is InChI=1S/C19H19FN4O3/c1-19(20)9-13(10-26-18(25)12-5-3-2-4-6-12)27-16(19)14-7-8-15-17(21)22-11-23-24(14)15/h2-8,11,13,16H,9-10H2,1H3,(H2,21,22,23)/t13-,16-,19+/m0/s1. The normalized spacial score (nSPS) is 25.0. The van der Waals surface area contributed by atoms with E-state index in [-0.39, 0.29) is 13.0 Å². The van der Waals surface area contributed by atoms with Crippen LogP contribution in [0.1, 0.15) is 35.5 Å². The van der Waals surface area contributed by atoms with Crippen LogP contribution in [0, 0.1) is 0 Å². The monoisotopic (exact) mass is 370 g/mol. The lowest BCUT2D eigenvalue weighted by molar-refractivity contribution is -0.0278. The molecule has 1 aliphatic heterocycles. The van der Waals surface area contributed by atoms with Crippen LogP contribution in [-0.4, -0.2) is 38.9 Å². The number of carbonyl (C=O) groups excluding carboxylic acids is 1. The van der Waals surface area contributed by atoms with Gasteiger partial charge in [-0.25, -0.2) is 18.7 Å². The topological polar surface area (TPSA) is 91.7 Å². The fourth-order valence-corrected chi connectivity index (χ4v) is 3.41. The Morgan fingerprint density at radius 3 is 2.93 bits per heavy atom. The Bertz CT molecular complexity index is 974. The Balaban J connectivity index is 1.49. The van der Waals surface area contributed by atoms with Crippen molar-refractivity contribution in [1.82, 2.24) is 14.6 Å². The number of esters is 1. The minimum absolute atomic E-state index is 0.0236. The third-order valence-electron chi connectivity index (χ3n) is 4.69. The highest BCUT2D eigenvalue weighted by Gasteiger charge is 2.48. The molecule has 8 heteroatoms. The van der Waals surface area contributed by atoms with Gasteiger partial charge in [-0.2, -0.15) is 5.10 Å². The van der Waals surface area contributed by atoms with E-state index in [9.17, 15) is 4.79 Å². The van der Waals surface area contributed by atoms with Crippen LogP contribution in [0.2, 0.25) is 0 Å².